The SMILES string of the molecule is CC(C)c1noc(CCC(=O)N2CCCN(CC(N)=O)CC2)n1. The average molecular weight is 323 g/mol. The number of nitrogens with two attached hydrogens (primary N) is 1. The van der Waals surface area contributed by atoms with Gasteiger partial charge in [-0.3, -0.25) is 14.5 Å². The highest BCUT2D eigenvalue weighted by Gasteiger charge is 2.20. The third-order valence-corrected chi connectivity index (χ3v) is 3.87. The summed E-state index contributed by atoms with van der Waals surface area (Å²) in [5.74, 6) is 1.14. The Balaban J connectivity index is 1.79. The standard InChI is InChI=1S/C15H25N5O3/c1-11(2)15-17-13(23-18-15)4-5-14(22)20-7-3-6-19(8-9-20)10-12(16)21/h11H,3-10H2,1-2H3,(H2,16,21). The molecular formula is C15H25N5O3. The monoisotopic (exact) mass is 323 g/mol. The average Bonchev–Trinajstić information content (AvgIpc) is 2.85. The number of rotatable bonds is 6. The fourth-order valence-corrected chi connectivity index (χ4v) is 2.57. The zero-order valence-electron chi connectivity index (χ0n) is 13.8. The fraction of sp³-hybridized carbons (Fsp3) is 0.733. The molecule has 1 aliphatic heterocycles. The van der Waals surface area contributed by atoms with E-state index in [-0.39, 0.29) is 24.3 Å². The summed E-state index contributed by atoms with van der Waals surface area (Å²) in [5, 5.41) is 3.90. The molecule has 2 heterocycles. The van der Waals surface area contributed by atoms with Crippen LogP contribution in [0, 0.1) is 0 Å². The molecule has 0 atom stereocenters. The van der Waals surface area contributed by atoms with Crippen LogP contribution in [-0.2, 0) is 16.0 Å². The second kappa shape index (κ2) is 8.05. The summed E-state index contributed by atoms with van der Waals surface area (Å²) in [6.45, 7) is 7.02. The highest BCUT2D eigenvalue weighted by molar-refractivity contribution is 5.77. The van der Waals surface area contributed by atoms with Gasteiger partial charge in [-0.05, 0) is 6.42 Å². The zero-order chi connectivity index (χ0) is 16.8. The molecule has 1 saturated heterocycles. The van der Waals surface area contributed by atoms with Crippen LogP contribution in [-0.4, -0.2) is 64.5 Å². The molecule has 2 rings (SSSR count). The molecule has 0 radical (unpaired) electrons. The molecule has 0 aliphatic carbocycles. The van der Waals surface area contributed by atoms with Gasteiger partial charge in [0.15, 0.2) is 5.82 Å². The molecule has 23 heavy (non-hydrogen) atoms. The van der Waals surface area contributed by atoms with E-state index in [0.717, 1.165) is 13.0 Å². The van der Waals surface area contributed by atoms with Crippen LogP contribution in [0.3, 0.4) is 0 Å². The predicted molar refractivity (Wildman–Crippen MR) is 83.5 cm³/mol. The van der Waals surface area contributed by atoms with Crippen molar-refractivity contribution in [1.29, 1.82) is 0 Å². The molecule has 2 amide bonds. The molecule has 2 N–H and O–H groups in total. The van der Waals surface area contributed by atoms with Crippen LogP contribution in [0.2, 0.25) is 0 Å². The Hall–Kier alpha value is -1.96. The maximum atomic E-state index is 12.3. The van der Waals surface area contributed by atoms with Gasteiger partial charge in [-0.15, -0.1) is 0 Å². The van der Waals surface area contributed by atoms with Crippen molar-refractivity contribution in [1.82, 2.24) is 19.9 Å². The number of aryl methyl sites for hydroxylation is 1. The second-order valence-electron chi connectivity index (χ2n) is 6.18. The van der Waals surface area contributed by atoms with Crippen LogP contribution in [0.4, 0.5) is 0 Å². The first-order chi connectivity index (χ1) is 11.0. The van der Waals surface area contributed by atoms with Crippen LogP contribution in [0.25, 0.3) is 0 Å². The number of carbonyl (C=O) groups excluding carboxylic acids is 2. The molecule has 1 aliphatic rings. The van der Waals surface area contributed by atoms with E-state index in [1.165, 1.54) is 0 Å². The molecule has 1 aromatic rings. The van der Waals surface area contributed by atoms with Crippen molar-refractivity contribution in [2.24, 2.45) is 5.73 Å². The minimum atomic E-state index is -0.331. The van der Waals surface area contributed by atoms with Crippen molar-refractivity contribution in [3.8, 4) is 0 Å². The lowest BCUT2D eigenvalue weighted by Crippen LogP contribution is -2.38. The number of hydrogen-bond donors (Lipinski definition) is 1. The smallest absolute Gasteiger partial charge is 0.231 e. The van der Waals surface area contributed by atoms with Crippen molar-refractivity contribution in [2.45, 2.75) is 39.0 Å². The first-order valence-corrected chi connectivity index (χ1v) is 8.06. The van der Waals surface area contributed by atoms with Crippen LogP contribution in [0.15, 0.2) is 4.52 Å². The molecule has 1 fully saturated rings. The van der Waals surface area contributed by atoms with E-state index in [0.29, 0.717) is 44.2 Å². The normalized spacial score (nSPS) is 16.6. The summed E-state index contributed by atoms with van der Waals surface area (Å²) in [6, 6.07) is 0. The van der Waals surface area contributed by atoms with E-state index in [1.54, 1.807) is 0 Å². The van der Waals surface area contributed by atoms with Gasteiger partial charge < -0.3 is 15.2 Å². The molecule has 0 bridgehead atoms. The van der Waals surface area contributed by atoms with Crippen LogP contribution >= 0.6 is 0 Å². The molecular weight excluding hydrogens is 298 g/mol. The van der Waals surface area contributed by atoms with E-state index in [4.69, 9.17) is 10.3 Å². The van der Waals surface area contributed by atoms with Crippen LogP contribution in [0.1, 0.15) is 44.3 Å². The molecule has 8 nitrogen and oxygen atoms in total. The molecule has 128 valence electrons. The Morgan fingerprint density at radius 1 is 1.26 bits per heavy atom. The van der Waals surface area contributed by atoms with E-state index in [2.05, 4.69) is 10.1 Å². The first kappa shape index (κ1) is 17.4. The van der Waals surface area contributed by atoms with E-state index in [1.807, 2.05) is 23.6 Å². The zero-order valence-corrected chi connectivity index (χ0v) is 13.8. The Morgan fingerprint density at radius 3 is 2.70 bits per heavy atom. The third-order valence-electron chi connectivity index (χ3n) is 3.87. The summed E-state index contributed by atoms with van der Waals surface area (Å²) in [4.78, 5) is 31.4. The second-order valence-corrected chi connectivity index (χ2v) is 6.18. The van der Waals surface area contributed by atoms with Crippen LogP contribution < -0.4 is 5.73 Å². The Labute approximate surface area is 136 Å². The van der Waals surface area contributed by atoms with Crippen LogP contribution in [0.5, 0.6) is 0 Å². The van der Waals surface area contributed by atoms with Gasteiger partial charge in [0.25, 0.3) is 0 Å². The summed E-state index contributed by atoms with van der Waals surface area (Å²) in [7, 11) is 0. The van der Waals surface area contributed by atoms with Crippen molar-refractivity contribution in [3.63, 3.8) is 0 Å². The molecule has 1 aromatic heterocycles. The van der Waals surface area contributed by atoms with E-state index < -0.39 is 0 Å². The number of amides is 2. The lowest BCUT2D eigenvalue weighted by molar-refractivity contribution is -0.131. The van der Waals surface area contributed by atoms with Gasteiger partial charge in [-0.2, -0.15) is 4.98 Å². The summed E-state index contributed by atoms with van der Waals surface area (Å²) < 4.78 is 5.16. The quantitative estimate of drug-likeness (QED) is 0.798. The number of carbonyl (C=O) groups is 2. The number of nitrogens with zero attached hydrogens (tertiary/aromatic N) is 4. The fourth-order valence-electron chi connectivity index (χ4n) is 2.57. The topological polar surface area (TPSA) is 106 Å². The first-order valence-electron chi connectivity index (χ1n) is 8.06. The van der Waals surface area contributed by atoms with Crippen molar-refractivity contribution >= 4 is 11.8 Å². The van der Waals surface area contributed by atoms with Crippen molar-refractivity contribution < 1.29 is 14.1 Å². The molecule has 0 unspecified atom stereocenters. The molecule has 0 aromatic carbocycles. The Morgan fingerprint density at radius 2 is 2.04 bits per heavy atom. The number of hydrogen-bond acceptors (Lipinski definition) is 6. The van der Waals surface area contributed by atoms with Crippen molar-refractivity contribution in [2.75, 3.05) is 32.7 Å². The lowest BCUT2D eigenvalue weighted by atomic mass is 10.2. The summed E-state index contributed by atoms with van der Waals surface area (Å²) in [5.41, 5.74) is 5.22. The van der Waals surface area contributed by atoms with E-state index in [9.17, 15) is 9.59 Å². The maximum Gasteiger partial charge on any atom is 0.231 e. The number of primary amides is 1. The van der Waals surface area contributed by atoms with Gasteiger partial charge in [0.1, 0.15) is 0 Å². The summed E-state index contributed by atoms with van der Waals surface area (Å²) in [6.07, 6.45) is 1.66. The van der Waals surface area contributed by atoms with Gasteiger partial charge in [-0.25, -0.2) is 0 Å². The lowest BCUT2D eigenvalue weighted by Gasteiger charge is -2.21. The highest BCUT2D eigenvalue weighted by atomic mass is 16.5. The number of aromatic nitrogens is 2. The molecule has 0 spiro atoms. The van der Waals surface area contributed by atoms with E-state index >= 15 is 0 Å². The Kier molecular flexibility index (Phi) is 6.09. The Bertz CT molecular complexity index is 543. The summed E-state index contributed by atoms with van der Waals surface area (Å²) >= 11 is 0. The maximum absolute atomic E-state index is 12.3. The molecule has 8 heteroatoms. The van der Waals surface area contributed by atoms with Gasteiger partial charge >= 0.3 is 0 Å². The largest absolute Gasteiger partial charge is 0.369 e. The van der Waals surface area contributed by atoms with Gasteiger partial charge in [0.05, 0.1) is 6.54 Å². The van der Waals surface area contributed by atoms with Gasteiger partial charge in [0, 0.05) is 44.9 Å². The van der Waals surface area contributed by atoms with Gasteiger partial charge in [0.2, 0.25) is 17.7 Å². The molecule has 0 saturated carbocycles. The highest BCUT2D eigenvalue weighted by Crippen LogP contribution is 2.12. The minimum Gasteiger partial charge on any atom is -0.369 e. The minimum absolute atomic E-state index is 0.0789. The van der Waals surface area contributed by atoms with Gasteiger partial charge in [-0.1, -0.05) is 19.0 Å². The predicted octanol–water partition coefficient (Wildman–Crippen LogP) is 0.145. The third kappa shape index (κ3) is 5.31. The van der Waals surface area contributed by atoms with Crippen molar-refractivity contribution in [3.05, 3.63) is 11.7 Å².